The van der Waals surface area contributed by atoms with Gasteiger partial charge in [-0.15, -0.1) is 0 Å². The average molecular weight is 396 g/mol. The summed E-state index contributed by atoms with van der Waals surface area (Å²) in [7, 11) is 0. The summed E-state index contributed by atoms with van der Waals surface area (Å²) in [5.74, 6) is -1.58. The van der Waals surface area contributed by atoms with Crippen molar-refractivity contribution in [1.29, 1.82) is 0 Å². The summed E-state index contributed by atoms with van der Waals surface area (Å²) in [6.07, 6.45) is 6.97. The van der Waals surface area contributed by atoms with Crippen molar-refractivity contribution < 1.29 is 18.4 Å². The first kappa shape index (κ1) is 19.3. The van der Waals surface area contributed by atoms with Crippen molar-refractivity contribution >= 4 is 17.9 Å². The number of nitrogens with one attached hydrogen (secondary N) is 1. The van der Waals surface area contributed by atoms with Gasteiger partial charge in [-0.2, -0.15) is 0 Å². The van der Waals surface area contributed by atoms with E-state index >= 15 is 0 Å². The van der Waals surface area contributed by atoms with Crippen molar-refractivity contribution in [2.24, 2.45) is 0 Å². The fourth-order valence-electron chi connectivity index (χ4n) is 3.11. The molecule has 1 N–H and O–H groups in total. The van der Waals surface area contributed by atoms with E-state index in [1.54, 1.807) is 35.2 Å². The molecule has 2 aliphatic carbocycles. The minimum absolute atomic E-state index is 0.0830. The minimum Gasteiger partial charge on any atom is -0.349 e. The lowest BCUT2D eigenvalue weighted by Crippen LogP contribution is -2.31. The van der Waals surface area contributed by atoms with Gasteiger partial charge in [0.15, 0.2) is 0 Å². The normalized spacial score (nSPS) is 16.1. The highest BCUT2D eigenvalue weighted by molar-refractivity contribution is 5.95. The third-order valence-electron chi connectivity index (χ3n) is 5.13. The lowest BCUT2D eigenvalue weighted by atomic mass is 10.1. The lowest BCUT2D eigenvalue weighted by Gasteiger charge is -2.21. The first-order chi connectivity index (χ1) is 14.0. The Balaban J connectivity index is 1.40. The zero-order valence-corrected chi connectivity index (χ0v) is 15.9. The summed E-state index contributed by atoms with van der Waals surface area (Å²) in [6.45, 7) is 0.111. The fraction of sp³-hybridized carbons (Fsp3) is 0.304. The Morgan fingerprint density at radius 2 is 1.76 bits per heavy atom. The maximum atomic E-state index is 14.0. The molecule has 4 nitrogen and oxygen atoms in total. The van der Waals surface area contributed by atoms with Gasteiger partial charge in [0, 0.05) is 41.9 Å². The second-order valence-electron chi connectivity index (χ2n) is 7.64. The van der Waals surface area contributed by atoms with Crippen LogP contribution in [0.5, 0.6) is 0 Å². The molecule has 0 aliphatic heterocycles. The Hall–Kier alpha value is -3.02. The van der Waals surface area contributed by atoms with Crippen molar-refractivity contribution in [3.8, 4) is 0 Å². The smallest absolute Gasteiger partial charge is 0.251 e. The summed E-state index contributed by atoms with van der Waals surface area (Å²) < 4.78 is 27.1. The van der Waals surface area contributed by atoms with E-state index in [-0.39, 0.29) is 24.4 Å². The van der Waals surface area contributed by atoms with Gasteiger partial charge in [-0.1, -0.05) is 18.2 Å². The van der Waals surface area contributed by atoms with Crippen LogP contribution in [0.1, 0.15) is 47.2 Å². The minimum atomic E-state index is -0.646. The Morgan fingerprint density at radius 1 is 1.03 bits per heavy atom. The summed E-state index contributed by atoms with van der Waals surface area (Å²) in [5.41, 5.74) is 1.68. The van der Waals surface area contributed by atoms with Crippen LogP contribution in [0.3, 0.4) is 0 Å². The number of carbonyl (C=O) groups is 2. The highest BCUT2D eigenvalue weighted by Crippen LogP contribution is 2.29. The van der Waals surface area contributed by atoms with E-state index < -0.39 is 11.6 Å². The maximum absolute atomic E-state index is 14.0. The average Bonchev–Trinajstić information content (AvgIpc) is 3.61. The van der Waals surface area contributed by atoms with Crippen molar-refractivity contribution in [2.45, 2.75) is 44.3 Å². The van der Waals surface area contributed by atoms with Gasteiger partial charge in [0.1, 0.15) is 11.6 Å². The molecule has 2 saturated carbocycles. The molecule has 0 aromatic heterocycles. The Morgan fingerprint density at radius 3 is 2.38 bits per heavy atom. The van der Waals surface area contributed by atoms with E-state index in [0.717, 1.165) is 37.3 Å². The third-order valence-corrected chi connectivity index (χ3v) is 5.13. The molecule has 2 aromatic carbocycles. The molecule has 150 valence electrons. The molecule has 2 fully saturated rings. The van der Waals surface area contributed by atoms with Crippen molar-refractivity contribution in [3.63, 3.8) is 0 Å². The van der Waals surface area contributed by atoms with Crippen molar-refractivity contribution in [1.82, 2.24) is 10.2 Å². The SMILES string of the molecule is O=C(NC1CC1)c1ccc(/C=C/C(=O)N(Cc2ccc(F)cc2F)C2CC2)cc1. The molecule has 0 heterocycles. The van der Waals surface area contributed by atoms with Crippen LogP contribution in [-0.4, -0.2) is 28.8 Å². The molecule has 0 unspecified atom stereocenters. The lowest BCUT2D eigenvalue weighted by molar-refractivity contribution is -0.127. The molecule has 2 amide bonds. The largest absolute Gasteiger partial charge is 0.349 e. The molecule has 2 aliphatic rings. The molecule has 0 radical (unpaired) electrons. The first-order valence-corrected chi connectivity index (χ1v) is 9.83. The number of nitrogens with zero attached hydrogens (tertiary/aromatic N) is 1. The van der Waals surface area contributed by atoms with Crippen LogP contribution in [0.25, 0.3) is 6.08 Å². The zero-order chi connectivity index (χ0) is 20.4. The number of halogens is 2. The molecule has 6 heteroatoms. The van der Waals surface area contributed by atoms with Crippen LogP contribution in [0, 0.1) is 11.6 Å². The third kappa shape index (κ3) is 5.08. The molecule has 0 bridgehead atoms. The Labute approximate surface area is 168 Å². The standard InChI is InChI=1S/C23H22F2N2O2/c24-18-7-6-17(21(25)13-18)14-27(20-10-11-20)22(28)12-3-15-1-4-16(5-2-15)23(29)26-19-8-9-19/h1-7,12-13,19-20H,8-11,14H2,(H,26,29)/b12-3+. The number of hydrogen-bond donors (Lipinski definition) is 1. The van der Waals surface area contributed by atoms with Gasteiger partial charge < -0.3 is 10.2 Å². The highest BCUT2D eigenvalue weighted by atomic mass is 19.1. The summed E-state index contributed by atoms with van der Waals surface area (Å²) >= 11 is 0. The number of rotatable bonds is 7. The van der Waals surface area contributed by atoms with Gasteiger partial charge in [0.05, 0.1) is 0 Å². The van der Waals surface area contributed by atoms with Crippen molar-refractivity contribution in [3.05, 3.63) is 76.9 Å². The van der Waals surface area contributed by atoms with E-state index in [2.05, 4.69) is 5.32 Å². The van der Waals surface area contributed by atoms with E-state index in [1.165, 1.54) is 18.2 Å². The second kappa shape index (κ2) is 8.15. The van der Waals surface area contributed by atoms with E-state index in [9.17, 15) is 18.4 Å². The summed E-state index contributed by atoms with van der Waals surface area (Å²) in [5, 5.41) is 2.93. The number of amides is 2. The quantitative estimate of drug-likeness (QED) is 0.718. The molecule has 2 aromatic rings. The zero-order valence-electron chi connectivity index (χ0n) is 15.9. The topological polar surface area (TPSA) is 49.4 Å². The van der Waals surface area contributed by atoms with Crippen LogP contribution in [0.15, 0.2) is 48.5 Å². The molecule has 0 saturated heterocycles. The molecule has 4 rings (SSSR count). The molecule has 0 atom stereocenters. The van der Waals surface area contributed by atoms with Crippen LogP contribution in [0.4, 0.5) is 8.78 Å². The predicted octanol–water partition coefficient (Wildman–Crippen LogP) is 4.06. The highest BCUT2D eigenvalue weighted by Gasteiger charge is 2.32. The Bertz CT molecular complexity index is 948. The van der Waals surface area contributed by atoms with E-state index in [4.69, 9.17) is 0 Å². The number of benzene rings is 2. The van der Waals surface area contributed by atoms with Gasteiger partial charge in [-0.3, -0.25) is 9.59 Å². The summed E-state index contributed by atoms with van der Waals surface area (Å²) in [4.78, 5) is 26.3. The van der Waals surface area contributed by atoms with E-state index in [0.29, 0.717) is 17.2 Å². The van der Waals surface area contributed by atoms with Crippen LogP contribution < -0.4 is 5.32 Å². The number of hydrogen-bond acceptors (Lipinski definition) is 2. The number of carbonyl (C=O) groups excluding carboxylic acids is 2. The summed E-state index contributed by atoms with van der Waals surface area (Å²) in [6, 6.07) is 10.8. The second-order valence-corrected chi connectivity index (χ2v) is 7.64. The maximum Gasteiger partial charge on any atom is 0.251 e. The van der Waals surface area contributed by atoms with Crippen molar-refractivity contribution in [2.75, 3.05) is 0 Å². The fourth-order valence-corrected chi connectivity index (χ4v) is 3.11. The predicted molar refractivity (Wildman–Crippen MR) is 106 cm³/mol. The van der Waals surface area contributed by atoms with Gasteiger partial charge in [0.25, 0.3) is 5.91 Å². The Kier molecular flexibility index (Phi) is 5.43. The monoisotopic (exact) mass is 396 g/mol. The van der Waals surface area contributed by atoms with Crippen LogP contribution in [0.2, 0.25) is 0 Å². The molecule has 29 heavy (non-hydrogen) atoms. The van der Waals surface area contributed by atoms with Crippen LogP contribution in [-0.2, 0) is 11.3 Å². The van der Waals surface area contributed by atoms with Gasteiger partial charge >= 0.3 is 0 Å². The van der Waals surface area contributed by atoms with Gasteiger partial charge in [-0.25, -0.2) is 8.78 Å². The van der Waals surface area contributed by atoms with E-state index in [1.807, 2.05) is 0 Å². The van der Waals surface area contributed by atoms with Gasteiger partial charge in [-0.05, 0) is 55.5 Å². The van der Waals surface area contributed by atoms with Gasteiger partial charge in [0.2, 0.25) is 5.91 Å². The molecular weight excluding hydrogens is 374 g/mol. The molecular formula is C23H22F2N2O2. The molecule has 0 spiro atoms. The first-order valence-electron chi connectivity index (χ1n) is 9.83. The van der Waals surface area contributed by atoms with Crippen LogP contribution >= 0.6 is 0 Å².